The predicted octanol–water partition coefficient (Wildman–Crippen LogP) is 3.50. The zero-order valence-corrected chi connectivity index (χ0v) is 12.7. The van der Waals surface area contributed by atoms with Gasteiger partial charge in [-0.05, 0) is 25.2 Å². The predicted molar refractivity (Wildman–Crippen MR) is 79.5 cm³/mol. The van der Waals surface area contributed by atoms with Crippen molar-refractivity contribution in [3.8, 4) is 0 Å². The van der Waals surface area contributed by atoms with Crippen LogP contribution >= 0.6 is 0 Å². The first kappa shape index (κ1) is 17.0. The molecule has 0 saturated heterocycles. The Hall–Kier alpha value is -1.06. The molecule has 20 heavy (non-hydrogen) atoms. The highest BCUT2D eigenvalue weighted by atomic mass is 16.4. The zero-order valence-electron chi connectivity index (χ0n) is 12.7. The van der Waals surface area contributed by atoms with Gasteiger partial charge in [0.1, 0.15) is 0 Å². The van der Waals surface area contributed by atoms with Crippen molar-refractivity contribution < 1.29 is 14.7 Å². The van der Waals surface area contributed by atoms with Crippen LogP contribution in [0.15, 0.2) is 0 Å². The normalized spacial score (nSPS) is 15.8. The van der Waals surface area contributed by atoms with Gasteiger partial charge in [-0.15, -0.1) is 0 Å². The zero-order chi connectivity index (χ0) is 14.8. The van der Waals surface area contributed by atoms with Crippen molar-refractivity contribution in [1.29, 1.82) is 0 Å². The van der Waals surface area contributed by atoms with Crippen molar-refractivity contribution >= 4 is 11.9 Å². The van der Waals surface area contributed by atoms with Crippen LogP contribution in [0.1, 0.15) is 77.6 Å². The Morgan fingerprint density at radius 3 is 2.25 bits per heavy atom. The molecule has 116 valence electrons. The molecule has 0 aromatic rings. The Morgan fingerprint density at radius 2 is 1.70 bits per heavy atom. The van der Waals surface area contributed by atoms with Gasteiger partial charge in [-0.2, -0.15) is 0 Å². The van der Waals surface area contributed by atoms with Gasteiger partial charge in [0.25, 0.3) is 0 Å². The highest BCUT2D eigenvalue weighted by Crippen LogP contribution is 2.34. The lowest BCUT2D eigenvalue weighted by molar-refractivity contribution is -0.137. The smallest absolute Gasteiger partial charge is 0.305 e. The Labute approximate surface area is 122 Å². The number of hydrogen-bond donors (Lipinski definition) is 2. The van der Waals surface area contributed by atoms with Crippen molar-refractivity contribution in [2.45, 2.75) is 83.6 Å². The minimum Gasteiger partial charge on any atom is -0.481 e. The first-order chi connectivity index (χ1) is 9.63. The van der Waals surface area contributed by atoms with Crippen LogP contribution in [0.5, 0.6) is 0 Å². The van der Waals surface area contributed by atoms with Crippen LogP contribution in [0, 0.1) is 5.92 Å². The quantitative estimate of drug-likeness (QED) is 0.539. The molecule has 1 rings (SSSR count). The number of carboxylic acids is 1. The second-order valence-electron chi connectivity index (χ2n) is 5.98. The third-order valence-electron chi connectivity index (χ3n) is 3.94. The van der Waals surface area contributed by atoms with E-state index in [0.29, 0.717) is 12.3 Å². The van der Waals surface area contributed by atoms with Gasteiger partial charge < -0.3 is 10.4 Å². The van der Waals surface area contributed by atoms with Crippen molar-refractivity contribution in [3.63, 3.8) is 0 Å². The highest BCUT2D eigenvalue weighted by Gasteiger charge is 2.33. The van der Waals surface area contributed by atoms with Crippen LogP contribution in [0.3, 0.4) is 0 Å². The summed E-state index contributed by atoms with van der Waals surface area (Å²) < 4.78 is 0. The number of unbranched alkanes of at least 4 members (excludes halogenated alkanes) is 6. The topological polar surface area (TPSA) is 66.4 Å². The number of carboxylic acid groups (broad SMARTS) is 1. The van der Waals surface area contributed by atoms with Crippen LogP contribution in [0.2, 0.25) is 0 Å². The van der Waals surface area contributed by atoms with Crippen LogP contribution in [0.4, 0.5) is 0 Å². The lowest BCUT2D eigenvalue weighted by Gasteiger charge is -2.16. The maximum absolute atomic E-state index is 11.8. The number of nitrogens with one attached hydrogen (secondary N) is 1. The maximum atomic E-state index is 11.8. The van der Waals surface area contributed by atoms with E-state index in [9.17, 15) is 9.59 Å². The Bertz CT molecular complexity index is 300. The standard InChI is InChI=1S/C16H29NO3/c1-2-3-4-5-6-7-8-9-15(18)17-14(12-16(19)20)13-10-11-13/h13-14H,2-12H2,1H3,(H,17,18)(H,19,20). The van der Waals surface area contributed by atoms with E-state index in [1.54, 1.807) is 0 Å². The SMILES string of the molecule is CCCCCCCCCC(=O)NC(CC(=O)O)C1CC1. The largest absolute Gasteiger partial charge is 0.481 e. The van der Waals surface area contributed by atoms with E-state index in [1.165, 1.54) is 32.1 Å². The van der Waals surface area contributed by atoms with Crippen molar-refractivity contribution in [2.24, 2.45) is 5.92 Å². The van der Waals surface area contributed by atoms with Gasteiger partial charge >= 0.3 is 5.97 Å². The van der Waals surface area contributed by atoms with E-state index in [4.69, 9.17) is 5.11 Å². The number of aliphatic carboxylic acids is 1. The molecule has 2 N–H and O–H groups in total. The van der Waals surface area contributed by atoms with E-state index in [0.717, 1.165) is 25.7 Å². The fourth-order valence-electron chi connectivity index (χ4n) is 2.54. The molecule has 0 aromatic carbocycles. The van der Waals surface area contributed by atoms with Crippen LogP contribution in [-0.2, 0) is 9.59 Å². The molecule has 0 heterocycles. The molecule has 4 heteroatoms. The van der Waals surface area contributed by atoms with Crippen LogP contribution in [-0.4, -0.2) is 23.0 Å². The van der Waals surface area contributed by atoms with Gasteiger partial charge in [0.2, 0.25) is 5.91 Å². The summed E-state index contributed by atoms with van der Waals surface area (Å²) in [7, 11) is 0. The summed E-state index contributed by atoms with van der Waals surface area (Å²) in [6.45, 7) is 2.21. The second-order valence-corrected chi connectivity index (χ2v) is 5.98. The van der Waals surface area contributed by atoms with E-state index >= 15 is 0 Å². The van der Waals surface area contributed by atoms with Crippen molar-refractivity contribution in [1.82, 2.24) is 5.32 Å². The van der Waals surface area contributed by atoms with Gasteiger partial charge in [-0.25, -0.2) is 0 Å². The molecule has 4 nitrogen and oxygen atoms in total. The summed E-state index contributed by atoms with van der Waals surface area (Å²) in [5.41, 5.74) is 0. The first-order valence-corrected chi connectivity index (χ1v) is 8.14. The summed E-state index contributed by atoms with van der Waals surface area (Å²) >= 11 is 0. The summed E-state index contributed by atoms with van der Waals surface area (Å²) in [5, 5.41) is 11.7. The summed E-state index contributed by atoms with van der Waals surface area (Å²) in [6, 6.07) is -0.149. The van der Waals surface area contributed by atoms with E-state index in [1.807, 2.05) is 0 Å². The molecular formula is C16H29NO3. The number of hydrogen-bond acceptors (Lipinski definition) is 2. The Kier molecular flexibility index (Phi) is 8.31. The van der Waals surface area contributed by atoms with Crippen LogP contribution < -0.4 is 5.32 Å². The van der Waals surface area contributed by atoms with E-state index in [2.05, 4.69) is 12.2 Å². The third kappa shape index (κ3) is 8.18. The highest BCUT2D eigenvalue weighted by molar-refractivity contribution is 5.77. The number of amides is 1. The van der Waals surface area contributed by atoms with Crippen molar-refractivity contribution in [2.75, 3.05) is 0 Å². The van der Waals surface area contributed by atoms with Crippen molar-refractivity contribution in [3.05, 3.63) is 0 Å². The molecular weight excluding hydrogens is 254 g/mol. The molecule has 0 bridgehead atoms. The summed E-state index contributed by atoms with van der Waals surface area (Å²) in [4.78, 5) is 22.6. The molecule has 0 spiro atoms. The minimum atomic E-state index is -0.821. The lowest BCUT2D eigenvalue weighted by Crippen LogP contribution is -2.37. The molecule has 1 atom stereocenters. The Morgan fingerprint density at radius 1 is 1.10 bits per heavy atom. The molecule has 1 aliphatic rings. The minimum absolute atomic E-state index is 0.0247. The third-order valence-corrected chi connectivity index (χ3v) is 3.94. The lowest BCUT2D eigenvalue weighted by atomic mass is 10.1. The van der Waals surface area contributed by atoms with Gasteiger partial charge in [0.15, 0.2) is 0 Å². The van der Waals surface area contributed by atoms with Gasteiger partial charge in [-0.3, -0.25) is 9.59 Å². The fourth-order valence-corrected chi connectivity index (χ4v) is 2.54. The summed E-state index contributed by atoms with van der Waals surface area (Å²) in [6.07, 6.45) is 11.0. The molecule has 0 aromatic heterocycles. The summed E-state index contributed by atoms with van der Waals surface area (Å²) in [5.74, 6) is -0.404. The maximum Gasteiger partial charge on any atom is 0.305 e. The van der Waals surface area contributed by atoms with Gasteiger partial charge in [0, 0.05) is 12.5 Å². The molecule has 1 fully saturated rings. The molecule has 0 radical (unpaired) electrons. The molecule has 1 aliphatic carbocycles. The second kappa shape index (κ2) is 9.78. The van der Waals surface area contributed by atoms with E-state index < -0.39 is 5.97 Å². The Balaban J connectivity index is 2.05. The first-order valence-electron chi connectivity index (χ1n) is 8.14. The monoisotopic (exact) mass is 283 g/mol. The number of rotatable bonds is 12. The molecule has 1 amide bonds. The fraction of sp³-hybridized carbons (Fsp3) is 0.875. The molecule has 0 aliphatic heterocycles. The number of carbonyl (C=O) groups excluding carboxylic acids is 1. The van der Waals surface area contributed by atoms with Gasteiger partial charge in [-0.1, -0.05) is 45.4 Å². The van der Waals surface area contributed by atoms with Gasteiger partial charge in [0.05, 0.1) is 6.42 Å². The molecule has 1 saturated carbocycles. The average molecular weight is 283 g/mol. The average Bonchev–Trinajstić information content (AvgIpc) is 3.20. The number of carbonyl (C=O) groups is 2. The van der Waals surface area contributed by atoms with Crippen LogP contribution in [0.25, 0.3) is 0 Å². The molecule has 1 unspecified atom stereocenters. The van der Waals surface area contributed by atoms with E-state index in [-0.39, 0.29) is 18.4 Å².